The highest BCUT2D eigenvalue weighted by molar-refractivity contribution is 9.10. The van der Waals surface area contributed by atoms with Crippen LogP contribution in [-0.4, -0.2) is 11.5 Å². The number of benzene rings is 1. The SMILES string of the molecule is Cc1cc(C)c(N=CNO)c(Br)c1. The number of hydroxylamine groups is 1. The molecule has 1 aromatic carbocycles. The fourth-order valence-electron chi connectivity index (χ4n) is 1.17. The number of aryl methyl sites for hydroxylation is 2. The van der Waals surface area contributed by atoms with E-state index in [1.54, 1.807) is 0 Å². The van der Waals surface area contributed by atoms with Crippen LogP contribution in [-0.2, 0) is 0 Å². The van der Waals surface area contributed by atoms with Crippen molar-refractivity contribution in [3.8, 4) is 0 Å². The number of aliphatic imine (C=N–C) groups is 1. The fraction of sp³-hybridized carbons (Fsp3) is 0.222. The van der Waals surface area contributed by atoms with Gasteiger partial charge in [-0.1, -0.05) is 6.07 Å². The van der Waals surface area contributed by atoms with Gasteiger partial charge in [-0.2, -0.15) is 0 Å². The average Bonchev–Trinajstić information content (AvgIpc) is 2.02. The Balaban J connectivity index is 3.13. The molecule has 13 heavy (non-hydrogen) atoms. The standard InChI is InChI=1S/C9H11BrN2O/c1-6-3-7(2)9(8(10)4-6)11-5-12-13/h3-5,13H,1-2H3,(H,11,12). The highest BCUT2D eigenvalue weighted by Gasteiger charge is 2.02. The molecule has 1 rings (SSSR count). The van der Waals surface area contributed by atoms with Crippen molar-refractivity contribution >= 4 is 28.0 Å². The molecule has 0 radical (unpaired) electrons. The Morgan fingerprint density at radius 2 is 2.15 bits per heavy atom. The molecule has 0 amide bonds. The van der Waals surface area contributed by atoms with Gasteiger partial charge in [-0.25, -0.2) is 4.99 Å². The van der Waals surface area contributed by atoms with Gasteiger partial charge in [0.15, 0.2) is 0 Å². The van der Waals surface area contributed by atoms with Gasteiger partial charge in [0.25, 0.3) is 0 Å². The zero-order valence-corrected chi connectivity index (χ0v) is 9.09. The molecule has 2 N–H and O–H groups in total. The quantitative estimate of drug-likeness (QED) is 0.476. The van der Waals surface area contributed by atoms with Crippen molar-refractivity contribution in [1.29, 1.82) is 0 Å². The van der Waals surface area contributed by atoms with Crippen LogP contribution in [0.25, 0.3) is 0 Å². The lowest BCUT2D eigenvalue weighted by Crippen LogP contribution is -2.01. The number of hydrogen-bond donors (Lipinski definition) is 2. The van der Waals surface area contributed by atoms with Crippen LogP contribution in [0.5, 0.6) is 0 Å². The molecule has 0 saturated heterocycles. The normalized spacial score (nSPS) is 10.8. The molecule has 0 fully saturated rings. The third-order valence-electron chi connectivity index (χ3n) is 1.65. The summed E-state index contributed by atoms with van der Waals surface area (Å²) < 4.78 is 0.927. The van der Waals surface area contributed by atoms with E-state index >= 15 is 0 Å². The molecule has 70 valence electrons. The van der Waals surface area contributed by atoms with Crippen molar-refractivity contribution in [1.82, 2.24) is 5.48 Å². The van der Waals surface area contributed by atoms with Gasteiger partial charge < -0.3 is 0 Å². The van der Waals surface area contributed by atoms with Crippen molar-refractivity contribution in [2.75, 3.05) is 0 Å². The number of hydrogen-bond acceptors (Lipinski definition) is 2. The molecule has 0 aliphatic carbocycles. The molecule has 0 aliphatic rings. The van der Waals surface area contributed by atoms with Crippen molar-refractivity contribution in [3.63, 3.8) is 0 Å². The van der Waals surface area contributed by atoms with E-state index in [4.69, 9.17) is 5.21 Å². The van der Waals surface area contributed by atoms with E-state index in [0.29, 0.717) is 0 Å². The Hall–Kier alpha value is -0.870. The predicted molar refractivity (Wildman–Crippen MR) is 56.7 cm³/mol. The first-order chi connectivity index (χ1) is 6.15. The molecule has 0 spiro atoms. The van der Waals surface area contributed by atoms with Gasteiger partial charge in [-0.05, 0) is 47.0 Å². The van der Waals surface area contributed by atoms with Gasteiger partial charge in [0.2, 0.25) is 0 Å². The van der Waals surface area contributed by atoms with Crippen LogP contribution in [0.2, 0.25) is 0 Å². The molecular formula is C9H11BrN2O. The van der Waals surface area contributed by atoms with Gasteiger partial charge in [0.1, 0.15) is 6.34 Å². The van der Waals surface area contributed by atoms with E-state index in [1.807, 2.05) is 31.5 Å². The van der Waals surface area contributed by atoms with Crippen LogP contribution in [0.1, 0.15) is 11.1 Å². The summed E-state index contributed by atoms with van der Waals surface area (Å²) in [6.07, 6.45) is 1.24. The van der Waals surface area contributed by atoms with Crippen molar-refractivity contribution in [2.45, 2.75) is 13.8 Å². The Morgan fingerprint density at radius 3 is 2.69 bits per heavy atom. The van der Waals surface area contributed by atoms with Gasteiger partial charge >= 0.3 is 0 Å². The van der Waals surface area contributed by atoms with Crippen molar-refractivity contribution in [2.24, 2.45) is 4.99 Å². The second kappa shape index (κ2) is 4.39. The first-order valence-corrected chi connectivity index (χ1v) is 4.63. The first kappa shape index (κ1) is 10.2. The van der Waals surface area contributed by atoms with Crippen molar-refractivity contribution < 1.29 is 5.21 Å². The summed E-state index contributed by atoms with van der Waals surface area (Å²) >= 11 is 3.40. The predicted octanol–water partition coefficient (Wildman–Crippen LogP) is 2.70. The Labute approximate surface area is 85.6 Å². The van der Waals surface area contributed by atoms with Crippen molar-refractivity contribution in [3.05, 3.63) is 27.7 Å². The summed E-state index contributed by atoms with van der Waals surface area (Å²) in [5.74, 6) is 0. The molecule has 0 saturated carbocycles. The lowest BCUT2D eigenvalue weighted by Gasteiger charge is -2.04. The van der Waals surface area contributed by atoms with Gasteiger partial charge in [0.05, 0.1) is 5.69 Å². The van der Waals surface area contributed by atoms with E-state index in [2.05, 4.69) is 20.9 Å². The molecule has 0 aliphatic heterocycles. The number of rotatable bonds is 2. The largest absolute Gasteiger partial charge is 0.290 e. The maximum atomic E-state index is 8.35. The van der Waals surface area contributed by atoms with Crippen LogP contribution < -0.4 is 5.48 Å². The monoisotopic (exact) mass is 242 g/mol. The van der Waals surface area contributed by atoms with E-state index in [0.717, 1.165) is 15.7 Å². The zero-order chi connectivity index (χ0) is 9.84. The Bertz CT molecular complexity index is 313. The Kier molecular flexibility index (Phi) is 3.45. The van der Waals surface area contributed by atoms with Crippen LogP contribution in [0.3, 0.4) is 0 Å². The minimum Gasteiger partial charge on any atom is -0.290 e. The van der Waals surface area contributed by atoms with Crippen LogP contribution in [0, 0.1) is 13.8 Å². The minimum absolute atomic E-state index is 0.826. The second-order valence-corrected chi connectivity index (χ2v) is 3.65. The third-order valence-corrected chi connectivity index (χ3v) is 2.25. The average molecular weight is 243 g/mol. The molecule has 0 heterocycles. The second-order valence-electron chi connectivity index (χ2n) is 2.80. The lowest BCUT2D eigenvalue weighted by atomic mass is 10.1. The molecule has 0 unspecified atom stereocenters. The smallest absolute Gasteiger partial charge is 0.113 e. The maximum Gasteiger partial charge on any atom is 0.113 e. The molecule has 3 nitrogen and oxygen atoms in total. The summed E-state index contributed by atoms with van der Waals surface area (Å²) in [4.78, 5) is 4.03. The highest BCUT2D eigenvalue weighted by atomic mass is 79.9. The number of nitrogens with zero attached hydrogens (tertiary/aromatic N) is 1. The van der Waals surface area contributed by atoms with Crippen LogP contribution in [0.15, 0.2) is 21.6 Å². The van der Waals surface area contributed by atoms with Gasteiger partial charge in [0, 0.05) is 4.47 Å². The van der Waals surface area contributed by atoms with E-state index in [-0.39, 0.29) is 0 Å². The summed E-state index contributed by atoms with van der Waals surface area (Å²) in [5, 5.41) is 8.35. The number of halogens is 1. The summed E-state index contributed by atoms with van der Waals surface area (Å²) in [6.45, 7) is 4.00. The maximum absolute atomic E-state index is 8.35. The summed E-state index contributed by atoms with van der Waals surface area (Å²) in [7, 11) is 0. The zero-order valence-electron chi connectivity index (χ0n) is 7.50. The summed E-state index contributed by atoms with van der Waals surface area (Å²) in [6, 6.07) is 4.02. The molecular weight excluding hydrogens is 232 g/mol. The van der Waals surface area contributed by atoms with Crippen LogP contribution in [0.4, 0.5) is 5.69 Å². The first-order valence-electron chi connectivity index (χ1n) is 3.84. The van der Waals surface area contributed by atoms with E-state index < -0.39 is 0 Å². The molecule has 1 aromatic rings. The number of nitrogens with one attached hydrogen (secondary N) is 1. The van der Waals surface area contributed by atoms with Gasteiger partial charge in [-0.3, -0.25) is 10.7 Å². The molecule has 0 bridgehead atoms. The van der Waals surface area contributed by atoms with Gasteiger partial charge in [-0.15, -0.1) is 0 Å². The topological polar surface area (TPSA) is 44.6 Å². The molecule has 4 heteroatoms. The van der Waals surface area contributed by atoms with Crippen LogP contribution >= 0.6 is 15.9 Å². The molecule has 0 aromatic heterocycles. The fourth-order valence-corrected chi connectivity index (χ4v) is 1.94. The minimum atomic E-state index is 0.826. The van der Waals surface area contributed by atoms with E-state index in [9.17, 15) is 0 Å². The lowest BCUT2D eigenvalue weighted by molar-refractivity contribution is 0.240. The summed E-state index contributed by atoms with van der Waals surface area (Å²) in [5.41, 5.74) is 4.95. The third kappa shape index (κ3) is 2.54. The Morgan fingerprint density at radius 1 is 1.46 bits per heavy atom. The van der Waals surface area contributed by atoms with E-state index in [1.165, 1.54) is 11.9 Å². The molecule has 0 atom stereocenters. The highest BCUT2D eigenvalue weighted by Crippen LogP contribution is 2.29.